The number of hydrogen-bond donors (Lipinski definition) is 1. The van der Waals surface area contributed by atoms with Crippen molar-refractivity contribution in [1.82, 2.24) is 24.9 Å². The largest absolute Gasteiger partial charge is 0.367 e. The summed E-state index contributed by atoms with van der Waals surface area (Å²) in [6, 6.07) is 6.67. The monoisotopic (exact) mass is 457 g/mol. The lowest BCUT2D eigenvalue weighted by Gasteiger charge is -2.29. The van der Waals surface area contributed by atoms with Crippen LogP contribution in [-0.2, 0) is 5.92 Å². The molecule has 1 N–H and O–H groups in total. The molecule has 3 rings (SSSR count). The van der Waals surface area contributed by atoms with Gasteiger partial charge in [0.2, 0.25) is 0 Å². The van der Waals surface area contributed by atoms with Crippen LogP contribution in [0.5, 0.6) is 0 Å². The maximum atomic E-state index is 14.5. The van der Waals surface area contributed by atoms with Crippen molar-refractivity contribution in [3.63, 3.8) is 0 Å². The summed E-state index contributed by atoms with van der Waals surface area (Å²) in [6.45, 7) is 4.75. The van der Waals surface area contributed by atoms with Crippen LogP contribution in [0.4, 0.5) is 19.0 Å². The minimum Gasteiger partial charge on any atom is -0.367 e. The first-order valence-corrected chi connectivity index (χ1v) is 10.2. The molecule has 1 amide bonds. The van der Waals surface area contributed by atoms with Gasteiger partial charge >= 0.3 is 0 Å². The van der Waals surface area contributed by atoms with E-state index in [1.165, 1.54) is 35.5 Å². The van der Waals surface area contributed by atoms with Crippen LogP contribution in [0.15, 0.2) is 42.9 Å². The summed E-state index contributed by atoms with van der Waals surface area (Å²) in [5.41, 5.74) is -0.373. The zero-order chi connectivity index (χ0) is 24.2. The summed E-state index contributed by atoms with van der Waals surface area (Å²) in [5, 5.41) is 20.1. The molecular formula is C22H22F3N7O. The Kier molecular flexibility index (Phi) is 6.96. The molecule has 1 aromatic carbocycles. The number of amides is 1. The highest BCUT2D eigenvalue weighted by Gasteiger charge is 2.27. The maximum Gasteiger partial charge on any atom is 0.272 e. The second-order valence-corrected chi connectivity index (χ2v) is 7.40. The Bertz CT molecular complexity index is 1170. The number of anilines is 1. The standard InChI is InChI=1S/C22H22F3N7O/c1-4-31(21(33)17-6-5-7-18(23)19(17)32-29-8-9-30-32)14(2)12-27-20-15(11-26)10-16(13-28-20)22(3,24)25/h5-10,13-14H,4,12H2,1-3H3,(H,27,28). The molecule has 0 bridgehead atoms. The van der Waals surface area contributed by atoms with Crippen molar-refractivity contribution in [1.29, 1.82) is 5.26 Å². The fourth-order valence-corrected chi connectivity index (χ4v) is 3.32. The van der Waals surface area contributed by atoms with Crippen LogP contribution in [0.2, 0.25) is 0 Å². The van der Waals surface area contributed by atoms with Crippen molar-refractivity contribution in [2.24, 2.45) is 0 Å². The highest BCUT2D eigenvalue weighted by molar-refractivity contribution is 5.98. The molecule has 2 heterocycles. The molecule has 0 fully saturated rings. The first-order valence-electron chi connectivity index (χ1n) is 10.2. The van der Waals surface area contributed by atoms with Crippen molar-refractivity contribution < 1.29 is 18.0 Å². The molecule has 33 heavy (non-hydrogen) atoms. The minimum absolute atomic E-state index is 0.0345. The van der Waals surface area contributed by atoms with Gasteiger partial charge in [0.15, 0.2) is 5.82 Å². The van der Waals surface area contributed by atoms with Gasteiger partial charge in [-0.2, -0.15) is 15.5 Å². The molecule has 8 nitrogen and oxygen atoms in total. The number of halogens is 3. The van der Waals surface area contributed by atoms with Crippen LogP contribution >= 0.6 is 0 Å². The molecule has 11 heteroatoms. The van der Waals surface area contributed by atoms with Crippen molar-refractivity contribution >= 4 is 11.7 Å². The van der Waals surface area contributed by atoms with E-state index in [0.29, 0.717) is 6.54 Å². The SMILES string of the molecule is CCN(C(=O)c1cccc(F)c1-n1nccn1)C(C)CNc1ncc(C(C)(F)F)cc1C#N. The summed E-state index contributed by atoms with van der Waals surface area (Å²) in [4.78, 5) is 19.8. The van der Waals surface area contributed by atoms with Crippen LogP contribution in [0.1, 0.15) is 42.3 Å². The Hall–Kier alpha value is -3.94. The second kappa shape index (κ2) is 9.68. The van der Waals surface area contributed by atoms with Gasteiger partial charge in [-0.05, 0) is 32.0 Å². The van der Waals surface area contributed by atoms with Crippen LogP contribution < -0.4 is 5.32 Å². The van der Waals surface area contributed by atoms with Crippen LogP contribution in [0, 0.1) is 17.1 Å². The summed E-state index contributed by atoms with van der Waals surface area (Å²) in [6.07, 6.45) is 3.77. The average Bonchev–Trinajstić information content (AvgIpc) is 3.31. The molecule has 3 aromatic rings. The van der Waals surface area contributed by atoms with Crippen molar-refractivity contribution in [2.75, 3.05) is 18.4 Å². The number of nitrogens with one attached hydrogen (secondary N) is 1. The maximum absolute atomic E-state index is 14.5. The quantitative estimate of drug-likeness (QED) is 0.553. The lowest BCUT2D eigenvalue weighted by Crippen LogP contribution is -2.42. The van der Waals surface area contributed by atoms with E-state index in [9.17, 15) is 23.2 Å². The number of pyridine rings is 1. The van der Waals surface area contributed by atoms with Gasteiger partial charge in [0.05, 0.1) is 23.5 Å². The number of likely N-dealkylation sites (N-methyl/N-ethyl adjacent to an activating group) is 1. The van der Waals surface area contributed by atoms with Gasteiger partial charge in [-0.1, -0.05) is 6.07 Å². The summed E-state index contributed by atoms with van der Waals surface area (Å²) >= 11 is 0. The molecule has 0 saturated carbocycles. The van der Waals surface area contributed by atoms with Crippen molar-refractivity contribution in [3.8, 4) is 11.8 Å². The first-order chi connectivity index (χ1) is 15.7. The number of benzene rings is 1. The Morgan fingerprint density at radius 2 is 2.03 bits per heavy atom. The third-order valence-corrected chi connectivity index (χ3v) is 5.05. The Balaban J connectivity index is 1.81. The molecule has 1 atom stereocenters. The average molecular weight is 457 g/mol. The van der Waals surface area contributed by atoms with Gasteiger partial charge < -0.3 is 10.2 Å². The van der Waals surface area contributed by atoms with Gasteiger partial charge in [-0.25, -0.2) is 18.2 Å². The highest BCUT2D eigenvalue weighted by Crippen LogP contribution is 2.28. The van der Waals surface area contributed by atoms with E-state index in [2.05, 4.69) is 20.5 Å². The van der Waals surface area contributed by atoms with E-state index in [1.54, 1.807) is 13.8 Å². The number of aromatic nitrogens is 4. The van der Waals surface area contributed by atoms with E-state index in [4.69, 9.17) is 0 Å². The fraction of sp³-hybridized carbons (Fsp3) is 0.318. The van der Waals surface area contributed by atoms with Crippen molar-refractivity contribution in [3.05, 3.63) is 65.4 Å². The van der Waals surface area contributed by atoms with Gasteiger partial charge in [-0.15, -0.1) is 4.80 Å². The molecule has 0 aliphatic carbocycles. The Labute approximate surface area is 188 Å². The van der Waals surface area contributed by atoms with E-state index in [0.717, 1.165) is 24.0 Å². The molecule has 1 unspecified atom stereocenters. The minimum atomic E-state index is -3.12. The molecule has 0 saturated heterocycles. The lowest BCUT2D eigenvalue weighted by molar-refractivity contribution is 0.0171. The molecule has 0 spiro atoms. The Morgan fingerprint density at radius 1 is 1.33 bits per heavy atom. The fourth-order valence-electron chi connectivity index (χ4n) is 3.32. The number of nitrogens with zero attached hydrogens (tertiary/aromatic N) is 6. The van der Waals surface area contributed by atoms with Crippen molar-refractivity contribution in [2.45, 2.75) is 32.7 Å². The van der Waals surface area contributed by atoms with Crippen LogP contribution in [0.3, 0.4) is 0 Å². The van der Waals surface area contributed by atoms with Crippen LogP contribution in [0.25, 0.3) is 5.69 Å². The molecule has 172 valence electrons. The normalized spacial score (nSPS) is 12.2. The van der Waals surface area contributed by atoms with E-state index >= 15 is 0 Å². The van der Waals surface area contributed by atoms with Gasteiger partial charge in [-0.3, -0.25) is 4.79 Å². The number of alkyl halides is 2. The number of para-hydroxylation sites is 1. The molecular weight excluding hydrogens is 435 g/mol. The second-order valence-electron chi connectivity index (χ2n) is 7.40. The summed E-state index contributed by atoms with van der Waals surface area (Å²) in [5.74, 6) is -4.07. The Morgan fingerprint density at radius 3 is 2.64 bits per heavy atom. The third kappa shape index (κ3) is 5.11. The number of carbonyl (C=O) groups is 1. The number of nitriles is 1. The summed E-state index contributed by atoms with van der Waals surface area (Å²) < 4.78 is 41.6. The van der Waals surface area contributed by atoms with Crippen LogP contribution in [-0.4, -0.2) is 49.9 Å². The number of carbonyl (C=O) groups excluding carboxylic acids is 1. The predicted octanol–water partition coefficient (Wildman–Crippen LogP) is 3.75. The van der Waals surface area contributed by atoms with Gasteiger partial charge in [0.25, 0.3) is 11.8 Å². The highest BCUT2D eigenvalue weighted by atomic mass is 19.3. The van der Waals surface area contributed by atoms with Gasteiger partial charge in [0.1, 0.15) is 17.6 Å². The molecule has 0 aliphatic heterocycles. The van der Waals surface area contributed by atoms with E-state index in [-0.39, 0.29) is 34.7 Å². The van der Waals surface area contributed by atoms with E-state index in [1.807, 2.05) is 6.07 Å². The van der Waals surface area contributed by atoms with E-state index < -0.39 is 23.7 Å². The number of rotatable bonds is 8. The zero-order valence-corrected chi connectivity index (χ0v) is 18.3. The number of hydrogen-bond acceptors (Lipinski definition) is 6. The molecule has 0 aliphatic rings. The molecule has 2 aromatic heterocycles. The lowest BCUT2D eigenvalue weighted by atomic mass is 10.1. The summed E-state index contributed by atoms with van der Waals surface area (Å²) in [7, 11) is 0. The smallest absolute Gasteiger partial charge is 0.272 e. The first kappa shape index (κ1) is 23.7. The van der Waals surface area contributed by atoms with Gasteiger partial charge in [0, 0.05) is 37.8 Å². The topological polar surface area (TPSA) is 99.7 Å². The third-order valence-electron chi connectivity index (χ3n) is 5.05. The zero-order valence-electron chi connectivity index (χ0n) is 18.3. The predicted molar refractivity (Wildman–Crippen MR) is 114 cm³/mol. The molecule has 0 radical (unpaired) electrons.